The number of aromatic nitrogens is 1. The molecule has 0 aromatic carbocycles. The third-order valence-corrected chi connectivity index (χ3v) is 2.33. The normalized spacial score (nSPS) is 16.1. The second kappa shape index (κ2) is 4.18. The fraction of sp³-hybridized carbons (Fsp3) is 0.500. The standard InChI is InChI=1S/C10H13F3N2/c1-2-5-9(14,10(11,12)13)8-4-3-6-15-7-8/h3-4,6-7H,2,5,14H2,1H3. The van der Waals surface area contributed by atoms with Crippen LogP contribution in [-0.4, -0.2) is 11.2 Å². The lowest BCUT2D eigenvalue weighted by atomic mass is 9.87. The van der Waals surface area contributed by atoms with Crippen molar-refractivity contribution in [2.24, 2.45) is 5.73 Å². The van der Waals surface area contributed by atoms with E-state index in [4.69, 9.17) is 5.73 Å². The van der Waals surface area contributed by atoms with Crippen molar-refractivity contribution in [2.75, 3.05) is 0 Å². The van der Waals surface area contributed by atoms with Crippen LogP contribution in [0.4, 0.5) is 13.2 Å². The Labute approximate surface area is 86.3 Å². The highest BCUT2D eigenvalue weighted by Gasteiger charge is 2.52. The summed E-state index contributed by atoms with van der Waals surface area (Å²) in [6, 6.07) is 2.81. The third kappa shape index (κ3) is 2.28. The molecule has 0 spiro atoms. The zero-order valence-corrected chi connectivity index (χ0v) is 8.38. The lowest BCUT2D eigenvalue weighted by Crippen LogP contribution is -2.50. The number of alkyl halides is 3. The predicted octanol–water partition coefficient (Wildman–Crippen LogP) is 2.60. The number of hydrogen-bond donors (Lipinski definition) is 1. The molecule has 0 saturated carbocycles. The molecule has 2 nitrogen and oxygen atoms in total. The van der Waals surface area contributed by atoms with Gasteiger partial charge >= 0.3 is 6.18 Å². The summed E-state index contributed by atoms with van der Waals surface area (Å²) < 4.78 is 38.5. The lowest BCUT2D eigenvalue weighted by molar-refractivity contribution is -0.192. The minimum atomic E-state index is -4.45. The van der Waals surface area contributed by atoms with E-state index < -0.39 is 11.7 Å². The van der Waals surface area contributed by atoms with Crippen molar-refractivity contribution in [2.45, 2.75) is 31.5 Å². The van der Waals surface area contributed by atoms with Crippen molar-refractivity contribution >= 4 is 0 Å². The molecule has 0 bridgehead atoms. The van der Waals surface area contributed by atoms with Crippen LogP contribution in [0.5, 0.6) is 0 Å². The van der Waals surface area contributed by atoms with Crippen molar-refractivity contribution in [3.8, 4) is 0 Å². The SMILES string of the molecule is CCCC(N)(c1cccnc1)C(F)(F)F. The second-order valence-corrected chi connectivity index (χ2v) is 3.46. The van der Waals surface area contributed by atoms with E-state index >= 15 is 0 Å². The molecule has 0 saturated heterocycles. The first-order valence-corrected chi connectivity index (χ1v) is 4.68. The number of nitrogens with two attached hydrogens (primary N) is 1. The summed E-state index contributed by atoms with van der Waals surface area (Å²) in [5.74, 6) is 0. The van der Waals surface area contributed by atoms with Gasteiger partial charge in [0.05, 0.1) is 0 Å². The molecule has 0 aliphatic carbocycles. The Morgan fingerprint density at radius 1 is 1.40 bits per heavy atom. The van der Waals surface area contributed by atoms with Gasteiger partial charge in [0.1, 0.15) is 5.54 Å². The molecule has 0 fully saturated rings. The predicted molar refractivity (Wildman–Crippen MR) is 51.1 cm³/mol. The van der Waals surface area contributed by atoms with Crippen LogP contribution < -0.4 is 5.73 Å². The van der Waals surface area contributed by atoms with Gasteiger partial charge in [0.15, 0.2) is 0 Å². The minimum absolute atomic E-state index is 0.0133. The van der Waals surface area contributed by atoms with Gasteiger partial charge in [-0.25, -0.2) is 0 Å². The molecule has 0 amide bonds. The smallest absolute Gasteiger partial charge is 0.314 e. The van der Waals surface area contributed by atoms with Gasteiger partial charge in [0, 0.05) is 12.4 Å². The molecule has 1 heterocycles. The average molecular weight is 218 g/mol. The van der Waals surface area contributed by atoms with Crippen LogP contribution in [0.3, 0.4) is 0 Å². The molecule has 1 atom stereocenters. The molecular formula is C10H13F3N2. The van der Waals surface area contributed by atoms with Crippen LogP contribution in [0.25, 0.3) is 0 Å². The van der Waals surface area contributed by atoms with Crippen molar-refractivity contribution in [1.82, 2.24) is 4.98 Å². The van der Waals surface area contributed by atoms with Gasteiger partial charge in [-0.1, -0.05) is 19.4 Å². The first kappa shape index (κ1) is 12.0. The van der Waals surface area contributed by atoms with E-state index in [1.807, 2.05) is 0 Å². The van der Waals surface area contributed by atoms with E-state index in [1.54, 1.807) is 6.92 Å². The van der Waals surface area contributed by atoms with E-state index in [0.717, 1.165) is 0 Å². The van der Waals surface area contributed by atoms with Gasteiger partial charge in [0.25, 0.3) is 0 Å². The third-order valence-electron chi connectivity index (χ3n) is 2.33. The van der Waals surface area contributed by atoms with Gasteiger partial charge < -0.3 is 5.73 Å². The second-order valence-electron chi connectivity index (χ2n) is 3.46. The highest BCUT2D eigenvalue weighted by Crippen LogP contribution is 2.39. The fourth-order valence-corrected chi connectivity index (χ4v) is 1.47. The topological polar surface area (TPSA) is 38.9 Å². The maximum atomic E-state index is 12.8. The summed E-state index contributed by atoms with van der Waals surface area (Å²) in [5.41, 5.74) is 3.17. The summed E-state index contributed by atoms with van der Waals surface area (Å²) in [5, 5.41) is 0. The van der Waals surface area contributed by atoms with E-state index in [1.165, 1.54) is 24.5 Å². The first-order valence-electron chi connectivity index (χ1n) is 4.68. The van der Waals surface area contributed by atoms with E-state index in [-0.39, 0.29) is 12.0 Å². The maximum absolute atomic E-state index is 12.8. The van der Waals surface area contributed by atoms with Crippen LogP contribution in [0.2, 0.25) is 0 Å². The molecule has 0 aliphatic heterocycles. The Morgan fingerprint density at radius 2 is 2.07 bits per heavy atom. The molecule has 0 radical (unpaired) electrons. The Hall–Kier alpha value is -1.10. The molecule has 1 aromatic heterocycles. The van der Waals surface area contributed by atoms with Crippen LogP contribution in [-0.2, 0) is 5.54 Å². The highest BCUT2D eigenvalue weighted by molar-refractivity contribution is 5.22. The Balaban J connectivity index is 3.13. The first-order chi connectivity index (χ1) is 6.92. The van der Waals surface area contributed by atoms with E-state index in [0.29, 0.717) is 6.42 Å². The van der Waals surface area contributed by atoms with Crippen LogP contribution in [0.15, 0.2) is 24.5 Å². The molecule has 1 rings (SSSR count). The maximum Gasteiger partial charge on any atom is 0.410 e. The van der Waals surface area contributed by atoms with Crippen LogP contribution in [0.1, 0.15) is 25.3 Å². The van der Waals surface area contributed by atoms with E-state index in [2.05, 4.69) is 4.98 Å². The monoisotopic (exact) mass is 218 g/mol. The largest absolute Gasteiger partial charge is 0.410 e. The summed E-state index contributed by atoms with van der Waals surface area (Å²) in [6.07, 6.45) is -1.63. The van der Waals surface area contributed by atoms with E-state index in [9.17, 15) is 13.2 Å². The van der Waals surface area contributed by atoms with Crippen molar-refractivity contribution in [3.05, 3.63) is 30.1 Å². The Bertz CT molecular complexity index is 310. The highest BCUT2D eigenvalue weighted by atomic mass is 19.4. The van der Waals surface area contributed by atoms with Crippen molar-refractivity contribution in [3.63, 3.8) is 0 Å². The number of halogens is 3. The zero-order chi connectivity index (χ0) is 11.5. The lowest BCUT2D eigenvalue weighted by Gasteiger charge is -2.31. The van der Waals surface area contributed by atoms with Gasteiger partial charge in [-0.15, -0.1) is 0 Å². The summed E-state index contributed by atoms with van der Waals surface area (Å²) in [6.45, 7) is 1.67. The van der Waals surface area contributed by atoms with Crippen LogP contribution in [0, 0.1) is 0 Å². The molecular weight excluding hydrogens is 205 g/mol. The zero-order valence-electron chi connectivity index (χ0n) is 8.38. The molecule has 0 aliphatic rings. The van der Waals surface area contributed by atoms with Crippen LogP contribution >= 0.6 is 0 Å². The van der Waals surface area contributed by atoms with Crippen molar-refractivity contribution < 1.29 is 13.2 Å². The number of rotatable bonds is 3. The molecule has 2 N–H and O–H groups in total. The fourth-order valence-electron chi connectivity index (χ4n) is 1.47. The van der Waals surface area contributed by atoms with Crippen molar-refractivity contribution in [1.29, 1.82) is 0 Å². The number of hydrogen-bond acceptors (Lipinski definition) is 2. The summed E-state index contributed by atoms with van der Waals surface area (Å²) in [7, 11) is 0. The van der Waals surface area contributed by atoms with Gasteiger partial charge in [-0.05, 0) is 18.1 Å². The molecule has 15 heavy (non-hydrogen) atoms. The molecule has 1 unspecified atom stereocenters. The van der Waals surface area contributed by atoms with Gasteiger partial charge in [-0.3, -0.25) is 4.98 Å². The molecule has 1 aromatic rings. The number of nitrogens with zero attached hydrogens (tertiary/aromatic N) is 1. The molecule has 84 valence electrons. The summed E-state index contributed by atoms with van der Waals surface area (Å²) >= 11 is 0. The molecule has 5 heteroatoms. The van der Waals surface area contributed by atoms with Gasteiger partial charge in [-0.2, -0.15) is 13.2 Å². The average Bonchev–Trinajstić information content (AvgIpc) is 2.18. The Kier molecular flexibility index (Phi) is 3.34. The Morgan fingerprint density at radius 3 is 2.47 bits per heavy atom. The summed E-state index contributed by atoms with van der Waals surface area (Å²) in [4.78, 5) is 3.67. The number of pyridine rings is 1. The quantitative estimate of drug-likeness (QED) is 0.846. The minimum Gasteiger partial charge on any atom is -0.314 e. The van der Waals surface area contributed by atoms with Gasteiger partial charge in [0.2, 0.25) is 0 Å².